The Morgan fingerprint density at radius 3 is 2.42 bits per heavy atom. The second-order valence-corrected chi connectivity index (χ2v) is 9.65. The Morgan fingerprint density at radius 1 is 1.10 bits per heavy atom. The second-order valence-electron chi connectivity index (χ2n) is 9.65. The average molecular weight is 560 g/mol. The van der Waals surface area contributed by atoms with Crippen LogP contribution in [-0.2, 0) is 30.4 Å². The Kier molecular flexibility index (Phi) is 8.83. The molecule has 13 heteroatoms. The molecule has 40 heavy (non-hydrogen) atoms. The third-order valence-corrected chi connectivity index (χ3v) is 7.01. The molecule has 5 N–H and O–H groups in total. The molecule has 1 saturated heterocycles. The lowest BCUT2D eigenvalue weighted by Crippen LogP contribution is -2.55. The van der Waals surface area contributed by atoms with Crippen LogP contribution in [0.15, 0.2) is 36.4 Å². The van der Waals surface area contributed by atoms with E-state index in [1.807, 2.05) is 0 Å². The van der Waals surface area contributed by atoms with Gasteiger partial charge in [0.15, 0.2) is 6.10 Å². The van der Waals surface area contributed by atoms with E-state index >= 15 is 0 Å². The molecule has 4 rings (SSSR count). The van der Waals surface area contributed by atoms with Gasteiger partial charge in [-0.1, -0.05) is 12.1 Å². The number of nitrogens with zero attached hydrogens (tertiary/aromatic N) is 1. The van der Waals surface area contributed by atoms with E-state index in [0.29, 0.717) is 42.9 Å². The lowest BCUT2D eigenvalue weighted by atomic mass is 9.90. The van der Waals surface area contributed by atoms with Crippen molar-refractivity contribution in [1.82, 2.24) is 15.5 Å². The molecule has 4 amide bonds. The minimum atomic E-state index is -1.26. The van der Waals surface area contributed by atoms with E-state index in [2.05, 4.69) is 16.0 Å². The second kappa shape index (κ2) is 12.3. The number of carbonyl (C=O) groups is 4. The number of alkyl carbamates (subject to hydrolysis) is 1. The van der Waals surface area contributed by atoms with Crippen LogP contribution >= 0.6 is 0 Å². The first-order valence-corrected chi connectivity index (χ1v) is 12.8. The normalized spacial score (nSPS) is 18.3. The van der Waals surface area contributed by atoms with Gasteiger partial charge in [0, 0.05) is 32.5 Å². The molecule has 2 heterocycles. The summed E-state index contributed by atoms with van der Waals surface area (Å²) in [4.78, 5) is 53.5. The van der Waals surface area contributed by atoms with Crippen LogP contribution in [0.1, 0.15) is 36.9 Å². The summed E-state index contributed by atoms with van der Waals surface area (Å²) >= 11 is 0. The summed E-state index contributed by atoms with van der Waals surface area (Å²) in [6.07, 6.45) is -1.13. The topological polar surface area (TPSA) is 152 Å². The number of benzene rings is 2. The van der Waals surface area contributed by atoms with Crippen molar-refractivity contribution in [1.29, 1.82) is 0 Å². The van der Waals surface area contributed by atoms with Gasteiger partial charge in [-0.05, 0) is 61.1 Å². The Balaban J connectivity index is 1.66. The van der Waals surface area contributed by atoms with E-state index < -0.39 is 59.3 Å². The zero-order chi connectivity index (χ0) is 29.0. The van der Waals surface area contributed by atoms with E-state index in [1.165, 1.54) is 24.9 Å². The third kappa shape index (κ3) is 6.14. The van der Waals surface area contributed by atoms with Crippen molar-refractivity contribution >= 4 is 35.2 Å². The molecular weight excluding hydrogens is 528 g/mol. The smallest absolute Gasteiger partial charge is 0.407 e. The molecule has 0 radical (unpaired) electrons. The van der Waals surface area contributed by atoms with Gasteiger partial charge in [0.1, 0.15) is 29.4 Å². The number of nitrogens with one attached hydrogen (secondary N) is 3. The molecule has 0 aliphatic carbocycles. The van der Waals surface area contributed by atoms with Crippen molar-refractivity contribution < 1.29 is 37.4 Å². The fourth-order valence-electron chi connectivity index (χ4n) is 4.92. The maximum absolute atomic E-state index is 14.4. The van der Waals surface area contributed by atoms with Gasteiger partial charge in [0.05, 0.1) is 0 Å². The minimum Gasteiger partial charge on any atom is -0.436 e. The van der Waals surface area contributed by atoms with Crippen LogP contribution in [0, 0.1) is 17.6 Å². The summed E-state index contributed by atoms with van der Waals surface area (Å²) in [5.41, 5.74) is 6.72. The molecule has 0 saturated carbocycles. The number of halogens is 2. The van der Waals surface area contributed by atoms with Crippen molar-refractivity contribution in [2.75, 3.05) is 31.3 Å². The molecule has 2 aromatic carbocycles. The van der Waals surface area contributed by atoms with Gasteiger partial charge in [0.2, 0.25) is 5.91 Å². The van der Waals surface area contributed by atoms with E-state index in [0.717, 1.165) is 12.1 Å². The zero-order valence-electron chi connectivity index (χ0n) is 22.0. The van der Waals surface area contributed by atoms with Crippen LogP contribution < -0.4 is 21.7 Å². The Morgan fingerprint density at radius 2 is 1.77 bits per heavy atom. The molecule has 2 aliphatic rings. The number of ether oxygens (including phenoxy) is 2. The van der Waals surface area contributed by atoms with Crippen molar-refractivity contribution in [2.45, 2.75) is 44.5 Å². The summed E-state index contributed by atoms with van der Waals surface area (Å²) in [7, 11) is 1.34. The number of rotatable bonds is 7. The average Bonchev–Trinajstić information content (AvgIpc) is 3.32. The van der Waals surface area contributed by atoms with Gasteiger partial charge < -0.3 is 36.1 Å². The van der Waals surface area contributed by atoms with Gasteiger partial charge in [-0.25, -0.2) is 13.6 Å². The number of carbonyl (C=O) groups excluding carboxylic acids is 4. The van der Waals surface area contributed by atoms with Crippen LogP contribution in [0.2, 0.25) is 0 Å². The zero-order valence-corrected chi connectivity index (χ0v) is 22.0. The predicted octanol–water partition coefficient (Wildman–Crippen LogP) is 2.22. The number of hydrogen-bond donors (Lipinski definition) is 4. The molecule has 0 spiro atoms. The number of hydrogen-bond acceptors (Lipinski definition) is 7. The highest BCUT2D eigenvalue weighted by molar-refractivity contribution is 6.00. The summed E-state index contributed by atoms with van der Waals surface area (Å²) in [6.45, 7) is 2.06. The van der Waals surface area contributed by atoms with Crippen molar-refractivity contribution in [3.8, 4) is 0 Å². The highest BCUT2D eigenvalue weighted by Crippen LogP contribution is 2.37. The van der Waals surface area contributed by atoms with Gasteiger partial charge in [0.25, 0.3) is 11.8 Å². The molecule has 2 aliphatic heterocycles. The van der Waals surface area contributed by atoms with Crippen molar-refractivity contribution in [3.05, 3.63) is 59.2 Å². The van der Waals surface area contributed by atoms with Gasteiger partial charge in [-0.2, -0.15) is 0 Å². The number of fused-ring (bicyclic) bond motifs is 1. The first-order valence-electron chi connectivity index (χ1n) is 12.8. The van der Waals surface area contributed by atoms with Crippen LogP contribution in [0.4, 0.5) is 25.0 Å². The standard InChI is InChI=1S/C27H31F2N5O6/c1-14(40-27(38)31-2)24(35)32-21(15-8-10-39-11-9-15)26(37)34-13-16-12-17(30)6-7-18(16)23(34)25(36)33-22-19(28)4-3-5-20(22)29/h3-7,12,14-15,21,23H,8-11,13,30H2,1-2H3,(H,31,38)(H,32,35)(H,33,36)/t14?,21?,23-/m0/s1. The SMILES string of the molecule is CNC(=O)OC(C)C(=O)NC(C(=O)N1Cc2cc(N)ccc2[C@H]1C(=O)Nc1c(F)cccc1F)C1CCOCC1. The van der Waals surface area contributed by atoms with E-state index in [-0.39, 0.29) is 12.5 Å². The van der Waals surface area contributed by atoms with Gasteiger partial charge in [-0.3, -0.25) is 14.4 Å². The van der Waals surface area contributed by atoms with Gasteiger partial charge >= 0.3 is 6.09 Å². The largest absolute Gasteiger partial charge is 0.436 e. The van der Waals surface area contributed by atoms with Crippen LogP contribution in [-0.4, -0.2) is 61.1 Å². The lowest BCUT2D eigenvalue weighted by molar-refractivity contribution is -0.145. The minimum absolute atomic E-state index is 0.0308. The molecule has 11 nitrogen and oxygen atoms in total. The Labute approximate surface area is 229 Å². The van der Waals surface area contributed by atoms with Crippen LogP contribution in [0.5, 0.6) is 0 Å². The molecule has 2 aromatic rings. The van der Waals surface area contributed by atoms with E-state index in [1.54, 1.807) is 18.2 Å². The maximum atomic E-state index is 14.4. The van der Waals surface area contributed by atoms with Crippen LogP contribution in [0.3, 0.4) is 0 Å². The molecular formula is C27H31F2N5O6. The molecule has 0 bridgehead atoms. The van der Waals surface area contributed by atoms with E-state index in [4.69, 9.17) is 15.2 Å². The number of nitrogens with two attached hydrogens (primary N) is 1. The highest BCUT2D eigenvalue weighted by Gasteiger charge is 2.44. The number of amides is 4. The quantitative estimate of drug-likeness (QED) is 0.380. The highest BCUT2D eigenvalue weighted by atomic mass is 19.1. The maximum Gasteiger partial charge on any atom is 0.407 e. The number of anilines is 2. The fourth-order valence-corrected chi connectivity index (χ4v) is 4.92. The Hall–Kier alpha value is -4.26. The molecule has 0 aromatic heterocycles. The van der Waals surface area contributed by atoms with Crippen molar-refractivity contribution in [2.24, 2.45) is 5.92 Å². The molecule has 1 fully saturated rings. The van der Waals surface area contributed by atoms with E-state index in [9.17, 15) is 28.0 Å². The number of para-hydroxylation sites is 1. The van der Waals surface area contributed by atoms with Crippen molar-refractivity contribution in [3.63, 3.8) is 0 Å². The van der Waals surface area contributed by atoms with Crippen LogP contribution in [0.25, 0.3) is 0 Å². The molecule has 3 atom stereocenters. The number of nitrogen functional groups attached to an aromatic ring is 1. The summed E-state index contributed by atoms with van der Waals surface area (Å²) in [6, 6.07) is 5.58. The molecule has 2 unspecified atom stereocenters. The lowest BCUT2D eigenvalue weighted by Gasteiger charge is -2.35. The fraction of sp³-hybridized carbons (Fsp3) is 0.407. The first-order chi connectivity index (χ1) is 19.1. The third-order valence-electron chi connectivity index (χ3n) is 7.01. The molecule has 214 valence electrons. The summed E-state index contributed by atoms with van der Waals surface area (Å²) in [5.74, 6) is -4.42. The predicted molar refractivity (Wildman–Crippen MR) is 140 cm³/mol. The Bertz CT molecular complexity index is 1280. The summed E-state index contributed by atoms with van der Waals surface area (Å²) < 4.78 is 39.1. The summed E-state index contributed by atoms with van der Waals surface area (Å²) in [5, 5.41) is 7.23. The monoisotopic (exact) mass is 559 g/mol. The van der Waals surface area contributed by atoms with Gasteiger partial charge in [-0.15, -0.1) is 0 Å². The first kappa shape index (κ1) is 28.7.